The van der Waals surface area contributed by atoms with Gasteiger partial charge in [0.25, 0.3) is 0 Å². The van der Waals surface area contributed by atoms with Crippen molar-refractivity contribution >= 4 is 39.5 Å². The molecule has 3 unspecified atom stereocenters. The molecule has 17 nitrogen and oxygen atoms in total. The summed E-state index contributed by atoms with van der Waals surface area (Å²) in [6, 6.07) is 0. The minimum Gasteiger partial charge on any atom is -0.462 e. The highest BCUT2D eigenvalue weighted by Gasteiger charge is 2.30. The maximum Gasteiger partial charge on any atom is 0.472 e. The van der Waals surface area contributed by atoms with Gasteiger partial charge in [-0.3, -0.25) is 37.3 Å². The Morgan fingerprint density at radius 2 is 0.596 bits per heavy atom. The van der Waals surface area contributed by atoms with Crippen LogP contribution in [0.1, 0.15) is 369 Å². The van der Waals surface area contributed by atoms with Crippen molar-refractivity contribution in [1.29, 1.82) is 0 Å². The summed E-state index contributed by atoms with van der Waals surface area (Å²) in [5, 5.41) is 10.6. The van der Waals surface area contributed by atoms with Crippen LogP contribution in [0.2, 0.25) is 0 Å². The maximum atomic E-state index is 13.1. The second-order valence-corrected chi connectivity index (χ2v) is 29.5. The van der Waals surface area contributed by atoms with Gasteiger partial charge in [-0.1, -0.05) is 316 Å². The van der Waals surface area contributed by atoms with E-state index in [-0.39, 0.29) is 25.7 Å². The SMILES string of the molecule is CCCCCC/C=C\C=C/CCCCCCCC(=O)OC[C@H](COP(=O)(O)OC[C@@H](O)COP(=O)(O)OC[C@@H](COC(=O)CCCCCCCCC)OC(=O)CCCCCCCCC(C)CC)OC(=O)CCCCCCCCCCCCCCCCCCCCCCCC. The fraction of sp³-hybridized carbons (Fsp3) is 0.893. The van der Waals surface area contributed by atoms with Gasteiger partial charge in [0.05, 0.1) is 26.4 Å². The molecule has 6 atom stereocenters. The summed E-state index contributed by atoms with van der Waals surface area (Å²) in [6.07, 6.45) is 59.5. The first-order valence-electron chi connectivity index (χ1n) is 38.5. The number of aliphatic hydroxyl groups is 1. The number of hydrogen-bond acceptors (Lipinski definition) is 15. The van der Waals surface area contributed by atoms with Crippen LogP contribution in [0.15, 0.2) is 24.3 Å². The monoisotopic (exact) mass is 1380 g/mol. The molecule has 0 saturated heterocycles. The van der Waals surface area contributed by atoms with Gasteiger partial charge in [-0.2, -0.15) is 0 Å². The van der Waals surface area contributed by atoms with Crippen molar-refractivity contribution in [3.05, 3.63) is 24.3 Å². The van der Waals surface area contributed by atoms with Crippen LogP contribution in [0.5, 0.6) is 0 Å². The molecule has 0 bridgehead atoms. The average Bonchev–Trinajstić information content (AvgIpc) is 1.46. The number of carbonyl (C=O) groups excluding carboxylic acids is 4. The fourth-order valence-electron chi connectivity index (χ4n) is 11.0. The van der Waals surface area contributed by atoms with Crippen molar-refractivity contribution in [3.8, 4) is 0 Å². The molecule has 0 aliphatic rings. The number of hydrogen-bond donors (Lipinski definition) is 3. The van der Waals surface area contributed by atoms with Gasteiger partial charge in [0.2, 0.25) is 0 Å². The normalized spacial score (nSPS) is 14.4. The number of unbranched alkanes of at least 4 members (excludes halogenated alkanes) is 41. The van der Waals surface area contributed by atoms with E-state index >= 15 is 0 Å². The molecular weight excluding hydrogens is 1230 g/mol. The van der Waals surface area contributed by atoms with Crippen LogP contribution < -0.4 is 0 Å². The molecule has 0 spiro atoms. The molecule has 0 aliphatic carbocycles. The van der Waals surface area contributed by atoms with E-state index in [1.165, 1.54) is 161 Å². The molecule has 0 saturated carbocycles. The second-order valence-electron chi connectivity index (χ2n) is 26.6. The fourth-order valence-corrected chi connectivity index (χ4v) is 12.5. The van der Waals surface area contributed by atoms with Crippen LogP contribution in [-0.4, -0.2) is 96.7 Å². The Bertz CT molecular complexity index is 1900. The average molecular weight is 1380 g/mol. The summed E-state index contributed by atoms with van der Waals surface area (Å²) < 4.78 is 68.2. The van der Waals surface area contributed by atoms with Crippen LogP contribution in [0.25, 0.3) is 0 Å². The molecular formula is C75H142O17P2. The molecule has 0 aromatic rings. The van der Waals surface area contributed by atoms with Crippen molar-refractivity contribution in [2.45, 2.75) is 387 Å². The first kappa shape index (κ1) is 91.5. The van der Waals surface area contributed by atoms with Crippen molar-refractivity contribution in [1.82, 2.24) is 0 Å². The predicted molar refractivity (Wildman–Crippen MR) is 381 cm³/mol. The molecule has 0 aromatic heterocycles. The summed E-state index contributed by atoms with van der Waals surface area (Å²) in [4.78, 5) is 72.5. The Kier molecular flexibility index (Phi) is 65.9. The van der Waals surface area contributed by atoms with Crippen LogP contribution in [-0.2, 0) is 65.4 Å². The molecule has 0 amide bonds. The zero-order valence-electron chi connectivity index (χ0n) is 60.6. The van der Waals surface area contributed by atoms with Crippen molar-refractivity contribution < 1.29 is 80.2 Å². The Labute approximate surface area is 573 Å². The zero-order chi connectivity index (χ0) is 69.1. The van der Waals surface area contributed by atoms with Gasteiger partial charge in [-0.15, -0.1) is 0 Å². The third-order valence-corrected chi connectivity index (χ3v) is 19.2. The number of esters is 4. The number of rotatable bonds is 73. The Hall–Kier alpha value is -2.46. The summed E-state index contributed by atoms with van der Waals surface area (Å²) in [5.74, 6) is -1.44. The van der Waals surface area contributed by atoms with Crippen molar-refractivity contribution in [3.63, 3.8) is 0 Å². The molecule has 0 radical (unpaired) electrons. The lowest BCUT2D eigenvalue weighted by atomic mass is 10.00. The van der Waals surface area contributed by atoms with Gasteiger partial charge in [0, 0.05) is 25.7 Å². The highest BCUT2D eigenvalue weighted by molar-refractivity contribution is 7.47. The van der Waals surface area contributed by atoms with E-state index in [1.807, 2.05) is 0 Å². The number of aliphatic hydroxyl groups excluding tert-OH is 1. The first-order chi connectivity index (χ1) is 45.6. The number of phosphoric acid groups is 2. The van der Waals surface area contributed by atoms with Crippen molar-refractivity contribution in [2.24, 2.45) is 5.92 Å². The minimum absolute atomic E-state index is 0.101. The number of allylic oxidation sites excluding steroid dienone is 4. The topological polar surface area (TPSA) is 237 Å². The molecule has 0 rings (SSSR count). The highest BCUT2D eigenvalue weighted by Crippen LogP contribution is 2.45. The van der Waals surface area contributed by atoms with E-state index in [9.17, 15) is 43.2 Å². The zero-order valence-corrected chi connectivity index (χ0v) is 62.4. The number of ether oxygens (including phenoxy) is 4. The van der Waals surface area contributed by atoms with Crippen LogP contribution >= 0.6 is 15.6 Å². The summed E-state index contributed by atoms with van der Waals surface area (Å²) >= 11 is 0. The summed E-state index contributed by atoms with van der Waals surface area (Å²) in [7, 11) is -9.91. The largest absolute Gasteiger partial charge is 0.472 e. The Morgan fingerprint density at radius 1 is 0.340 bits per heavy atom. The Morgan fingerprint density at radius 3 is 0.904 bits per heavy atom. The Balaban J connectivity index is 5.18. The molecule has 0 fully saturated rings. The third kappa shape index (κ3) is 66.8. The minimum atomic E-state index is -4.96. The summed E-state index contributed by atoms with van der Waals surface area (Å²) in [5.41, 5.74) is 0. The van der Waals surface area contributed by atoms with Gasteiger partial charge in [-0.25, -0.2) is 9.13 Å². The van der Waals surface area contributed by atoms with E-state index in [0.29, 0.717) is 25.7 Å². The lowest BCUT2D eigenvalue weighted by Gasteiger charge is -2.21. The second kappa shape index (κ2) is 67.7. The molecule has 0 aliphatic heterocycles. The van der Waals surface area contributed by atoms with Gasteiger partial charge >= 0.3 is 39.5 Å². The molecule has 19 heteroatoms. The molecule has 94 heavy (non-hydrogen) atoms. The highest BCUT2D eigenvalue weighted by atomic mass is 31.2. The predicted octanol–water partition coefficient (Wildman–Crippen LogP) is 21.6. The molecule has 0 aromatic carbocycles. The van der Waals surface area contributed by atoms with E-state index in [4.69, 9.17) is 37.0 Å². The summed E-state index contributed by atoms with van der Waals surface area (Å²) in [6.45, 7) is 7.11. The lowest BCUT2D eigenvalue weighted by molar-refractivity contribution is -0.161. The van der Waals surface area contributed by atoms with Gasteiger partial charge in [0.1, 0.15) is 19.3 Å². The third-order valence-electron chi connectivity index (χ3n) is 17.3. The van der Waals surface area contributed by atoms with Gasteiger partial charge < -0.3 is 33.8 Å². The quantitative estimate of drug-likeness (QED) is 0.0169. The lowest BCUT2D eigenvalue weighted by Crippen LogP contribution is -2.30. The van der Waals surface area contributed by atoms with Crippen LogP contribution in [0, 0.1) is 5.92 Å². The molecule has 3 N–H and O–H groups in total. The maximum absolute atomic E-state index is 13.1. The van der Waals surface area contributed by atoms with E-state index in [0.717, 1.165) is 128 Å². The van der Waals surface area contributed by atoms with E-state index < -0.39 is 97.5 Å². The van der Waals surface area contributed by atoms with Gasteiger partial charge in [0.15, 0.2) is 12.2 Å². The first-order valence-corrected chi connectivity index (χ1v) is 41.5. The molecule has 554 valence electrons. The standard InChI is InChI=1S/C75H142O17P2/c1-6-10-13-16-19-21-23-25-27-28-29-30-31-32-33-35-37-39-41-44-50-55-60-74(79)91-70(65-86-73(78)59-54-49-43-40-38-36-34-26-24-22-20-17-14-11-7-2)66-89-93(81,82)87-62-69(76)63-88-94(83,84)90-67-71(64-85-72(77)58-53-48-42-18-15-12-8-3)92-75(80)61-56-51-46-45-47-52-57-68(5)9-4/h22,24,26,34,68-71,76H,6-21,23,25,27-33,35-67H2,1-5H3,(H,81,82)(H,83,84)/b24-22-,34-26-/t68?,69-,70-,71-/m1/s1. The van der Waals surface area contributed by atoms with E-state index in [2.05, 4.69) is 58.9 Å². The van der Waals surface area contributed by atoms with Gasteiger partial charge in [-0.05, 0) is 57.3 Å². The van der Waals surface area contributed by atoms with E-state index in [1.54, 1.807) is 0 Å². The van der Waals surface area contributed by atoms with Crippen LogP contribution in [0.3, 0.4) is 0 Å². The number of phosphoric ester groups is 2. The smallest absolute Gasteiger partial charge is 0.462 e. The number of carbonyl (C=O) groups is 4. The van der Waals surface area contributed by atoms with Crippen LogP contribution in [0.4, 0.5) is 0 Å². The van der Waals surface area contributed by atoms with Crippen molar-refractivity contribution in [2.75, 3.05) is 39.6 Å². The molecule has 0 heterocycles.